The Hall–Kier alpha value is -1.09. The Bertz CT molecular complexity index is 295. The van der Waals surface area contributed by atoms with Crippen LogP contribution in [-0.2, 0) is 6.42 Å². The highest BCUT2D eigenvalue weighted by atomic mass is 16.5. The van der Waals surface area contributed by atoms with Gasteiger partial charge >= 0.3 is 0 Å². The van der Waals surface area contributed by atoms with Crippen molar-refractivity contribution >= 4 is 0 Å². The topological polar surface area (TPSA) is 34.1 Å². The summed E-state index contributed by atoms with van der Waals surface area (Å²) in [4.78, 5) is 4.33. The minimum atomic E-state index is 0.606. The van der Waals surface area contributed by atoms with Crippen molar-refractivity contribution in [3.63, 3.8) is 0 Å². The zero-order valence-electron chi connectivity index (χ0n) is 8.49. The highest BCUT2D eigenvalue weighted by Crippen LogP contribution is 2.14. The monoisotopic (exact) mass is 192 g/mol. The van der Waals surface area contributed by atoms with Crippen LogP contribution in [0.1, 0.15) is 18.5 Å². The van der Waals surface area contributed by atoms with E-state index in [4.69, 9.17) is 4.74 Å². The minimum absolute atomic E-state index is 0.606. The lowest BCUT2D eigenvalue weighted by molar-refractivity contribution is 0.413. The van der Waals surface area contributed by atoms with Gasteiger partial charge in [-0.25, -0.2) is 0 Å². The van der Waals surface area contributed by atoms with Gasteiger partial charge < -0.3 is 10.1 Å². The second-order valence-corrected chi connectivity index (χ2v) is 3.68. The Morgan fingerprint density at radius 2 is 2.57 bits per heavy atom. The summed E-state index contributed by atoms with van der Waals surface area (Å²) in [6.45, 7) is 1.15. The highest BCUT2D eigenvalue weighted by Gasteiger charge is 2.14. The van der Waals surface area contributed by atoms with Crippen LogP contribution in [0.3, 0.4) is 0 Å². The molecule has 0 aromatic carbocycles. The predicted molar refractivity (Wildman–Crippen MR) is 55.5 cm³/mol. The molecule has 0 saturated carbocycles. The minimum Gasteiger partial charge on any atom is -0.497 e. The summed E-state index contributed by atoms with van der Waals surface area (Å²) in [7, 11) is 1.69. The SMILES string of the molecule is COc1ccnc(CC2CCCN2)c1. The van der Waals surface area contributed by atoms with E-state index in [9.17, 15) is 0 Å². The van der Waals surface area contributed by atoms with Crippen molar-refractivity contribution in [2.75, 3.05) is 13.7 Å². The number of aromatic nitrogens is 1. The summed E-state index contributed by atoms with van der Waals surface area (Å²) >= 11 is 0. The van der Waals surface area contributed by atoms with Crippen LogP contribution in [0, 0.1) is 0 Å². The van der Waals surface area contributed by atoms with Crippen LogP contribution < -0.4 is 10.1 Å². The van der Waals surface area contributed by atoms with Gasteiger partial charge in [0.25, 0.3) is 0 Å². The first kappa shape index (κ1) is 9.46. The third-order valence-corrected chi connectivity index (χ3v) is 2.64. The number of hydrogen-bond acceptors (Lipinski definition) is 3. The standard InChI is InChI=1S/C11H16N2O/c1-14-11-4-6-13-10(8-11)7-9-3-2-5-12-9/h4,6,8-9,12H,2-3,5,7H2,1H3. The van der Waals surface area contributed by atoms with Gasteiger partial charge in [-0.15, -0.1) is 0 Å². The van der Waals surface area contributed by atoms with E-state index in [1.54, 1.807) is 7.11 Å². The van der Waals surface area contributed by atoms with Crippen molar-refractivity contribution in [3.8, 4) is 5.75 Å². The smallest absolute Gasteiger partial charge is 0.122 e. The van der Waals surface area contributed by atoms with Gasteiger partial charge in [0.05, 0.1) is 7.11 Å². The van der Waals surface area contributed by atoms with Gasteiger partial charge in [-0.1, -0.05) is 0 Å². The molecule has 0 amide bonds. The average Bonchev–Trinajstić information content (AvgIpc) is 2.71. The number of rotatable bonds is 3. The van der Waals surface area contributed by atoms with Crippen molar-refractivity contribution in [1.82, 2.24) is 10.3 Å². The van der Waals surface area contributed by atoms with Crippen LogP contribution in [-0.4, -0.2) is 24.7 Å². The highest BCUT2D eigenvalue weighted by molar-refractivity contribution is 5.23. The zero-order valence-corrected chi connectivity index (χ0v) is 8.49. The van der Waals surface area contributed by atoms with E-state index in [0.29, 0.717) is 6.04 Å². The third kappa shape index (κ3) is 2.23. The maximum atomic E-state index is 5.16. The van der Waals surface area contributed by atoms with Gasteiger partial charge in [0.1, 0.15) is 5.75 Å². The van der Waals surface area contributed by atoms with Crippen molar-refractivity contribution in [2.45, 2.75) is 25.3 Å². The van der Waals surface area contributed by atoms with Crippen LogP contribution in [0.2, 0.25) is 0 Å². The molecule has 1 fully saturated rings. The van der Waals surface area contributed by atoms with Gasteiger partial charge in [0.2, 0.25) is 0 Å². The molecule has 1 atom stereocenters. The molecule has 0 radical (unpaired) electrons. The molecule has 0 spiro atoms. The molecule has 3 heteroatoms. The van der Waals surface area contributed by atoms with Crippen molar-refractivity contribution in [1.29, 1.82) is 0 Å². The lowest BCUT2D eigenvalue weighted by Gasteiger charge is -2.09. The molecule has 2 rings (SSSR count). The van der Waals surface area contributed by atoms with E-state index >= 15 is 0 Å². The van der Waals surface area contributed by atoms with Crippen LogP contribution in [0.5, 0.6) is 5.75 Å². The largest absolute Gasteiger partial charge is 0.497 e. The van der Waals surface area contributed by atoms with Crippen molar-refractivity contribution in [3.05, 3.63) is 24.0 Å². The summed E-state index contributed by atoms with van der Waals surface area (Å²) < 4.78 is 5.16. The molecule has 1 N–H and O–H groups in total. The molecule has 0 bridgehead atoms. The molecule has 0 aliphatic carbocycles. The zero-order chi connectivity index (χ0) is 9.80. The molecule has 76 valence electrons. The maximum Gasteiger partial charge on any atom is 0.122 e. The fourth-order valence-corrected chi connectivity index (χ4v) is 1.88. The lowest BCUT2D eigenvalue weighted by atomic mass is 10.1. The Labute approximate surface area is 84.5 Å². The Balaban J connectivity index is 2.00. The second kappa shape index (κ2) is 4.42. The third-order valence-electron chi connectivity index (χ3n) is 2.64. The van der Waals surface area contributed by atoms with E-state index in [1.807, 2.05) is 18.3 Å². The predicted octanol–water partition coefficient (Wildman–Crippen LogP) is 1.38. The summed E-state index contributed by atoms with van der Waals surface area (Å²) in [5, 5.41) is 3.46. The Morgan fingerprint density at radius 1 is 1.64 bits per heavy atom. The molecule has 1 unspecified atom stereocenters. The second-order valence-electron chi connectivity index (χ2n) is 3.68. The van der Waals surface area contributed by atoms with Gasteiger partial charge in [0.15, 0.2) is 0 Å². The van der Waals surface area contributed by atoms with Crippen LogP contribution >= 0.6 is 0 Å². The summed E-state index contributed by atoms with van der Waals surface area (Å²) in [6, 6.07) is 4.50. The van der Waals surface area contributed by atoms with Gasteiger partial charge in [-0.3, -0.25) is 4.98 Å². The van der Waals surface area contributed by atoms with Crippen molar-refractivity contribution in [2.24, 2.45) is 0 Å². The molecule has 2 heterocycles. The summed E-state index contributed by atoms with van der Waals surface area (Å²) in [6.07, 6.45) is 5.37. The van der Waals surface area contributed by atoms with E-state index < -0.39 is 0 Å². The first-order chi connectivity index (χ1) is 6.88. The van der Waals surface area contributed by atoms with Crippen LogP contribution in [0.25, 0.3) is 0 Å². The number of nitrogens with zero attached hydrogens (tertiary/aromatic N) is 1. The fourth-order valence-electron chi connectivity index (χ4n) is 1.88. The molecule has 14 heavy (non-hydrogen) atoms. The van der Waals surface area contributed by atoms with Gasteiger partial charge in [0, 0.05) is 30.4 Å². The number of nitrogens with one attached hydrogen (secondary N) is 1. The Kier molecular flexibility index (Phi) is 2.99. The average molecular weight is 192 g/mol. The van der Waals surface area contributed by atoms with Crippen molar-refractivity contribution < 1.29 is 4.74 Å². The van der Waals surface area contributed by atoms with Gasteiger partial charge in [-0.2, -0.15) is 0 Å². The maximum absolute atomic E-state index is 5.16. The molecule has 1 aromatic rings. The number of hydrogen-bond donors (Lipinski definition) is 1. The van der Waals surface area contributed by atoms with E-state index in [2.05, 4.69) is 10.3 Å². The Morgan fingerprint density at radius 3 is 3.29 bits per heavy atom. The molecule has 1 aliphatic rings. The molecule has 1 aromatic heterocycles. The molecule has 1 aliphatic heterocycles. The van der Waals surface area contributed by atoms with E-state index in [1.165, 1.54) is 12.8 Å². The normalized spacial score (nSPS) is 21.1. The van der Waals surface area contributed by atoms with E-state index in [-0.39, 0.29) is 0 Å². The summed E-state index contributed by atoms with van der Waals surface area (Å²) in [5.41, 5.74) is 1.11. The summed E-state index contributed by atoms with van der Waals surface area (Å²) in [5.74, 6) is 0.896. The molecule has 3 nitrogen and oxygen atoms in total. The van der Waals surface area contributed by atoms with E-state index in [0.717, 1.165) is 24.4 Å². The fraction of sp³-hybridized carbons (Fsp3) is 0.545. The molecular formula is C11H16N2O. The van der Waals surface area contributed by atoms with Crippen LogP contribution in [0.4, 0.5) is 0 Å². The molecular weight excluding hydrogens is 176 g/mol. The first-order valence-electron chi connectivity index (χ1n) is 5.11. The van der Waals surface area contributed by atoms with Gasteiger partial charge in [-0.05, 0) is 25.5 Å². The molecule has 1 saturated heterocycles. The quantitative estimate of drug-likeness (QED) is 0.785. The first-order valence-corrected chi connectivity index (χ1v) is 5.11. The lowest BCUT2D eigenvalue weighted by Crippen LogP contribution is -2.24. The number of pyridine rings is 1. The number of ether oxygens (including phenoxy) is 1. The van der Waals surface area contributed by atoms with Crippen LogP contribution in [0.15, 0.2) is 18.3 Å². The number of methoxy groups -OCH3 is 1.